The van der Waals surface area contributed by atoms with E-state index in [1.807, 2.05) is 12.3 Å². The lowest BCUT2D eigenvalue weighted by molar-refractivity contribution is 0.606. The molecule has 3 nitrogen and oxygen atoms in total. The number of H-pyrrole nitrogens is 1. The zero-order valence-electron chi connectivity index (χ0n) is 15.7. The van der Waals surface area contributed by atoms with Crippen LogP contribution in [-0.4, -0.2) is 9.97 Å². The summed E-state index contributed by atoms with van der Waals surface area (Å²) in [7, 11) is 0. The predicted octanol–water partition coefficient (Wildman–Crippen LogP) is 6.08. The van der Waals surface area contributed by atoms with Gasteiger partial charge in [0.25, 0.3) is 0 Å². The third-order valence-electron chi connectivity index (χ3n) is 5.09. The van der Waals surface area contributed by atoms with Gasteiger partial charge in [-0.05, 0) is 41.3 Å². The van der Waals surface area contributed by atoms with E-state index in [-0.39, 0.29) is 6.04 Å². The van der Waals surface area contributed by atoms with Gasteiger partial charge in [-0.15, -0.1) is 0 Å². The summed E-state index contributed by atoms with van der Waals surface area (Å²) >= 11 is 0. The lowest BCUT2D eigenvalue weighted by Gasteiger charge is -2.12. The van der Waals surface area contributed by atoms with Gasteiger partial charge in [-0.3, -0.25) is 0 Å². The Balaban J connectivity index is 1.77. The highest BCUT2D eigenvalue weighted by Gasteiger charge is 2.14. The van der Waals surface area contributed by atoms with Gasteiger partial charge in [0.2, 0.25) is 0 Å². The van der Waals surface area contributed by atoms with Crippen molar-refractivity contribution in [1.82, 2.24) is 9.97 Å². The van der Waals surface area contributed by atoms with Crippen molar-refractivity contribution in [1.29, 1.82) is 0 Å². The minimum Gasteiger partial charge on any atom is -0.339 e. The highest BCUT2D eigenvalue weighted by Crippen LogP contribution is 2.32. The Labute approximate surface area is 159 Å². The molecule has 2 aromatic carbocycles. The Kier molecular flexibility index (Phi) is 5.03. The molecule has 0 saturated heterocycles. The van der Waals surface area contributed by atoms with Crippen molar-refractivity contribution in [3.63, 3.8) is 0 Å². The van der Waals surface area contributed by atoms with E-state index in [1.165, 1.54) is 22.1 Å². The molecule has 4 aromatic rings. The number of nitrogens with one attached hydrogen (secondary N) is 1. The zero-order valence-corrected chi connectivity index (χ0v) is 15.7. The van der Waals surface area contributed by atoms with E-state index >= 15 is 0 Å². The Hall–Kier alpha value is -2.91. The van der Waals surface area contributed by atoms with Crippen LogP contribution in [0.1, 0.15) is 48.9 Å². The predicted molar refractivity (Wildman–Crippen MR) is 115 cm³/mol. The van der Waals surface area contributed by atoms with Crippen molar-refractivity contribution in [2.75, 3.05) is 0 Å². The number of nitrogens with two attached hydrogens (primary N) is 1. The van der Waals surface area contributed by atoms with Gasteiger partial charge < -0.3 is 10.7 Å². The molecule has 4 rings (SSSR count). The van der Waals surface area contributed by atoms with Gasteiger partial charge in [-0.25, -0.2) is 4.98 Å². The summed E-state index contributed by atoms with van der Waals surface area (Å²) in [6, 6.07) is 19.0. The Morgan fingerprint density at radius 1 is 1.04 bits per heavy atom. The quantitative estimate of drug-likeness (QED) is 0.412. The third kappa shape index (κ3) is 3.64. The molecule has 3 heteroatoms. The first-order valence-electron chi connectivity index (χ1n) is 9.65. The van der Waals surface area contributed by atoms with Crippen molar-refractivity contribution in [3.8, 4) is 0 Å². The number of hydrogen-bond acceptors (Lipinski definition) is 2. The molecule has 0 aliphatic heterocycles. The Morgan fingerprint density at radius 3 is 2.67 bits per heavy atom. The van der Waals surface area contributed by atoms with Crippen LogP contribution in [0.25, 0.3) is 34.1 Å². The van der Waals surface area contributed by atoms with Gasteiger partial charge in [0.15, 0.2) is 0 Å². The highest BCUT2D eigenvalue weighted by atomic mass is 14.9. The Bertz CT molecular complexity index is 1080. The summed E-state index contributed by atoms with van der Waals surface area (Å²) in [6.45, 7) is 2.20. The summed E-state index contributed by atoms with van der Waals surface area (Å²) in [6.07, 6.45) is 9.44. The number of unbranched alkanes of at least 4 members (excludes halogenated alkanes) is 1. The molecule has 0 radical (unpaired) electrons. The van der Waals surface area contributed by atoms with E-state index in [1.54, 1.807) is 0 Å². The average molecular weight is 355 g/mol. The van der Waals surface area contributed by atoms with E-state index in [0.717, 1.165) is 35.8 Å². The minimum absolute atomic E-state index is 0.0398. The molecule has 0 fully saturated rings. The van der Waals surface area contributed by atoms with Gasteiger partial charge in [0.05, 0.1) is 0 Å². The molecule has 1 unspecified atom stereocenters. The van der Waals surface area contributed by atoms with Crippen LogP contribution in [0, 0.1) is 0 Å². The van der Waals surface area contributed by atoms with Gasteiger partial charge >= 0.3 is 0 Å². The molecule has 27 heavy (non-hydrogen) atoms. The molecule has 2 heterocycles. The maximum atomic E-state index is 6.51. The summed E-state index contributed by atoms with van der Waals surface area (Å²) in [5.41, 5.74) is 12.1. The van der Waals surface area contributed by atoms with Gasteiger partial charge in [0.1, 0.15) is 5.65 Å². The van der Waals surface area contributed by atoms with Crippen molar-refractivity contribution in [2.24, 2.45) is 5.73 Å². The number of rotatable bonds is 6. The van der Waals surface area contributed by atoms with E-state index in [4.69, 9.17) is 5.73 Å². The van der Waals surface area contributed by atoms with Crippen molar-refractivity contribution in [3.05, 3.63) is 77.5 Å². The molecule has 0 aliphatic carbocycles. The van der Waals surface area contributed by atoms with Crippen molar-refractivity contribution in [2.45, 2.75) is 32.2 Å². The first-order valence-corrected chi connectivity index (χ1v) is 9.65. The fourth-order valence-corrected chi connectivity index (χ4v) is 3.61. The first kappa shape index (κ1) is 17.5. The van der Waals surface area contributed by atoms with Gasteiger partial charge in [0, 0.05) is 28.5 Å². The van der Waals surface area contributed by atoms with Crippen LogP contribution < -0.4 is 5.73 Å². The molecule has 3 N–H and O–H groups in total. The second kappa shape index (κ2) is 7.77. The average Bonchev–Trinajstić information content (AvgIpc) is 3.09. The Morgan fingerprint density at radius 2 is 1.85 bits per heavy atom. The van der Waals surface area contributed by atoms with Crippen LogP contribution >= 0.6 is 0 Å². The highest BCUT2D eigenvalue weighted by molar-refractivity contribution is 6.08. The molecular weight excluding hydrogens is 330 g/mol. The van der Waals surface area contributed by atoms with Crippen LogP contribution in [-0.2, 0) is 0 Å². The molecule has 0 amide bonds. The van der Waals surface area contributed by atoms with Gasteiger partial charge in [-0.2, -0.15) is 0 Å². The second-order valence-electron chi connectivity index (χ2n) is 7.05. The van der Waals surface area contributed by atoms with Crippen molar-refractivity contribution >= 4 is 34.1 Å². The molecule has 0 saturated carbocycles. The molecular formula is C24H25N3. The summed E-state index contributed by atoms with van der Waals surface area (Å²) in [5.74, 6) is 0. The van der Waals surface area contributed by atoms with Crippen LogP contribution in [0.5, 0.6) is 0 Å². The number of aromatic nitrogens is 2. The lowest BCUT2D eigenvalue weighted by atomic mass is 9.98. The number of fused-ring (bicyclic) bond motifs is 3. The standard InChI is InChI=1S/C24H25N3/c1-2-3-9-21(25)19-14-15-26-24-23(19)20-16-18(12-13-22(20)27-24)11-10-17-7-5-4-6-8-17/h4-8,10-16,21H,2-3,9,25H2,1H3,(H,26,27)/b11-10+. The van der Waals surface area contributed by atoms with E-state index in [9.17, 15) is 0 Å². The second-order valence-corrected chi connectivity index (χ2v) is 7.05. The summed E-state index contributed by atoms with van der Waals surface area (Å²) in [4.78, 5) is 7.98. The SMILES string of the molecule is CCCCC(N)c1ccnc2[nH]c3ccc(/C=C/c4ccccc4)cc3c12. The third-order valence-corrected chi connectivity index (χ3v) is 5.09. The largest absolute Gasteiger partial charge is 0.339 e. The molecule has 0 aliphatic rings. The fraction of sp³-hybridized carbons (Fsp3) is 0.208. The van der Waals surface area contributed by atoms with Crippen LogP contribution in [0.4, 0.5) is 0 Å². The molecule has 0 bridgehead atoms. The van der Waals surface area contributed by atoms with E-state index < -0.39 is 0 Å². The van der Waals surface area contributed by atoms with E-state index in [0.29, 0.717) is 0 Å². The molecule has 1 atom stereocenters. The summed E-state index contributed by atoms with van der Waals surface area (Å²) < 4.78 is 0. The maximum absolute atomic E-state index is 6.51. The number of pyridine rings is 1. The molecule has 136 valence electrons. The normalized spacial score (nSPS) is 13.0. The smallest absolute Gasteiger partial charge is 0.138 e. The fourth-order valence-electron chi connectivity index (χ4n) is 3.61. The minimum atomic E-state index is 0.0398. The topological polar surface area (TPSA) is 54.7 Å². The van der Waals surface area contributed by atoms with Crippen LogP contribution in [0.3, 0.4) is 0 Å². The maximum Gasteiger partial charge on any atom is 0.138 e. The van der Waals surface area contributed by atoms with Gasteiger partial charge in [-0.1, -0.05) is 68.3 Å². The van der Waals surface area contributed by atoms with Crippen LogP contribution in [0.15, 0.2) is 60.8 Å². The molecule has 2 aromatic heterocycles. The summed E-state index contributed by atoms with van der Waals surface area (Å²) in [5, 5.41) is 2.35. The zero-order chi connectivity index (χ0) is 18.6. The number of hydrogen-bond donors (Lipinski definition) is 2. The van der Waals surface area contributed by atoms with Crippen molar-refractivity contribution < 1.29 is 0 Å². The first-order chi connectivity index (χ1) is 13.3. The number of aromatic amines is 1. The monoisotopic (exact) mass is 355 g/mol. The van der Waals surface area contributed by atoms with Crippen LogP contribution in [0.2, 0.25) is 0 Å². The number of nitrogens with zero attached hydrogens (tertiary/aromatic N) is 1. The number of benzene rings is 2. The lowest BCUT2D eigenvalue weighted by Crippen LogP contribution is -2.10. The van der Waals surface area contributed by atoms with E-state index in [2.05, 4.69) is 77.6 Å². The molecule has 0 spiro atoms.